The third kappa shape index (κ3) is 3.94. The van der Waals surface area contributed by atoms with E-state index in [1.165, 1.54) is 11.3 Å². The molecule has 0 aliphatic carbocycles. The Morgan fingerprint density at radius 2 is 1.96 bits per heavy atom. The van der Waals surface area contributed by atoms with Gasteiger partial charge in [0.25, 0.3) is 5.91 Å². The van der Waals surface area contributed by atoms with E-state index >= 15 is 0 Å². The molecule has 0 bridgehead atoms. The van der Waals surface area contributed by atoms with Crippen molar-refractivity contribution >= 4 is 39.1 Å². The molecule has 0 saturated heterocycles. The van der Waals surface area contributed by atoms with Crippen molar-refractivity contribution in [2.24, 2.45) is 5.92 Å². The Morgan fingerprint density at radius 1 is 1.21 bits per heavy atom. The molecule has 0 atom stereocenters. The third-order valence-corrected chi connectivity index (χ3v) is 4.82. The van der Waals surface area contributed by atoms with Crippen molar-refractivity contribution in [3.8, 4) is 0 Å². The van der Waals surface area contributed by atoms with Gasteiger partial charge in [-0.1, -0.05) is 55.8 Å². The Kier molecular flexibility index (Phi) is 5.17. The third-order valence-electron chi connectivity index (χ3n) is 3.70. The van der Waals surface area contributed by atoms with Crippen LogP contribution in [0.1, 0.15) is 29.8 Å². The van der Waals surface area contributed by atoms with Gasteiger partial charge < -0.3 is 4.90 Å². The zero-order chi connectivity index (χ0) is 17.1. The molecule has 0 saturated carbocycles. The van der Waals surface area contributed by atoms with Crippen LogP contribution in [0.5, 0.6) is 0 Å². The van der Waals surface area contributed by atoms with Gasteiger partial charge in [0.2, 0.25) is 0 Å². The molecule has 0 spiro atoms. The van der Waals surface area contributed by atoms with Crippen molar-refractivity contribution in [2.75, 3.05) is 6.54 Å². The normalized spacial score (nSPS) is 11.2. The van der Waals surface area contributed by atoms with E-state index in [0.717, 1.165) is 22.3 Å². The van der Waals surface area contributed by atoms with Gasteiger partial charge in [0.1, 0.15) is 0 Å². The summed E-state index contributed by atoms with van der Waals surface area (Å²) in [7, 11) is 0. The second-order valence-corrected chi connectivity index (χ2v) is 7.83. The summed E-state index contributed by atoms with van der Waals surface area (Å²) in [4.78, 5) is 19.2. The molecule has 2 aromatic carbocycles. The second kappa shape index (κ2) is 7.32. The first-order valence-corrected chi connectivity index (χ1v) is 9.11. The highest BCUT2D eigenvalue weighted by Gasteiger charge is 2.18. The van der Waals surface area contributed by atoms with Crippen molar-refractivity contribution in [3.63, 3.8) is 0 Å². The van der Waals surface area contributed by atoms with E-state index in [2.05, 4.69) is 18.8 Å². The number of carbonyl (C=O) groups excluding carboxylic acids is 1. The number of aromatic nitrogens is 1. The molecule has 0 fully saturated rings. The van der Waals surface area contributed by atoms with Crippen molar-refractivity contribution in [2.45, 2.75) is 20.4 Å². The first-order valence-electron chi connectivity index (χ1n) is 7.92. The minimum Gasteiger partial charge on any atom is -0.334 e. The number of nitrogens with zero attached hydrogens (tertiary/aromatic N) is 2. The van der Waals surface area contributed by atoms with Crippen LogP contribution >= 0.6 is 22.9 Å². The van der Waals surface area contributed by atoms with Crippen molar-refractivity contribution in [1.82, 2.24) is 9.88 Å². The second-order valence-electron chi connectivity index (χ2n) is 6.21. The lowest BCUT2D eigenvalue weighted by molar-refractivity contribution is 0.0723. The van der Waals surface area contributed by atoms with Gasteiger partial charge in [-0.3, -0.25) is 4.79 Å². The molecular weight excluding hydrogens is 340 g/mol. The van der Waals surface area contributed by atoms with Gasteiger partial charge in [-0.25, -0.2) is 4.98 Å². The standard InChI is InChI=1S/C19H19ClN2OS/c1-13(2)11-22(12-14-6-4-3-5-7-14)18(23)15-8-9-16-17(10-15)24-19(20)21-16/h3-10,13H,11-12H2,1-2H3. The van der Waals surface area contributed by atoms with Gasteiger partial charge in [-0.2, -0.15) is 0 Å². The summed E-state index contributed by atoms with van der Waals surface area (Å²) >= 11 is 7.36. The van der Waals surface area contributed by atoms with Crippen molar-refractivity contribution in [1.29, 1.82) is 0 Å². The summed E-state index contributed by atoms with van der Waals surface area (Å²) in [5.41, 5.74) is 2.65. The zero-order valence-corrected chi connectivity index (χ0v) is 15.3. The van der Waals surface area contributed by atoms with Crippen LogP contribution in [0.15, 0.2) is 48.5 Å². The number of amides is 1. The largest absolute Gasteiger partial charge is 0.334 e. The van der Waals surface area contributed by atoms with Crippen LogP contribution in [-0.4, -0.2) is 22.3 Å². The SMILES string of the molecule is CC(C)CN(Cc1ccccc1)C(=O)c1ccc2nc(Cl)sc2c1. The molecule has 24 heavy (non-hydrogen) atoms. The number of carbonyl (C=O) groups is 1. The molecule has 1 heterocycles. The number of fused-ring (bicyclic) bond motifs is 1. The average Bonchev–Trinajstić information content (AvgIpc) is 2.93. The van der Waals surface area contributed by atoms with E-state index in [1.54, 1.807) is 0 Å². The summed E-state index contributed by atoms with van der Waals surface area (Å²) in [6, 6.07) is 15.7. The fourth-order valence-electron chi connectivity index (χ4n) is 2.68. The molecule has 0 N–H and O–H groups in total. The van der Waals surface area contributed by atoms with Gasteiger partial charge in [0.05, 0.1) is 10.2 Å². The zero-order valence-electron chi connectivity index (χ0n) is 13.7. The predicted octanol–water partition coefficient (Wildman–Crippen LogP) is 5.25. The van der Waals surface area contributed by atoms with E-state index in [0.29, 0.717) is 22.5 Å². The maximum Gasteiger partial charge on any atom is 0.254 e. The Hall–Kier alpha value is -1.91. The summed E-state index contributed by atoms with van der Waals surface area (Å²) in [6.45, 7) is 5.57. The van der Waals surface area contributed by atoms with Crippen LogP contribution in [0.4, 0.5) is 0 Å². The molecule has 0 aliphatic heterocycles. The van der Waals surface area contributed by atoms with Gasteiger partial charge in [-0.05, 0) is 29.7 Å². The molecule has 124 valence electrons. The maximum atomic E-state index is 13.0. The van der Waals surface area contributed by atoms with Gasteiger partial charge >= 0.3 is 0 Å². The summed E-state index contributed by atoms with van der Waals surface area (Å²) in [6.07, 6.45) is 0. The van der Waals surface area contributed by atoms with Crippen LogP contribution < -0.4 is 0 Å². The highest BCUT2D eigenvalue weighted by atomic mass is 35.5. The topological polar surface area (TPSA) is 33.2 Å². The van der Waals surface area contributed by atoms with E-state index in [9.17, 15) is 4.79 Å². The molecular formula is C19H19ClN2OS. The maximum absolute atomic E-state index is 13.0. The number of rotatable bonds is 5. The van der Waals surface area contributed by atoms with Crippen LogP contribution in [0.25, 0.3) is 10.2 Å². The fourth-order valence-corrected chi connectivity index (χ4v) is 3.75. The summed E-state index contributed by atoms with van der Waals surface area (Å²) < 4.78 is 1.44. The number of hydrogen-bond donors (Lipinski definition) is 0. The summed E-state index contributed by atoms with van der Waals surface area (Å²) in [5, 5.41) is 0. The van der Waals surface area contributed by atoms with Crippen LogP contribution in [0.3, 0.4) is 0 Å². The molecule has 0 radical (unpaired) electrons. The molecule has 1 aromatic heterocycles. The number of thiazole rings is 1. The van der Waals surface area contributed by atoms with E-state index in [-0.39, 0.29) is 5.91 Å². The fraction of sp³-hybridized carbons (Fsp3) is 0.263. The monoisotopic (exact) mass is 358 g/mol. The van der Waals surface area contributed by atoms with Gasteiger partial charge in [0.15, 0.2) is 4.47 Å². The molecule has 1 amide bonds. The van der Waals surface area contributed by atoms with Crippen molar-refractivity contribution in [3.05, 3.63) is 64.1 Å². The lowest BCUT2D eigenvalue weighted by atomic mass is 10.1. The lowest BCUT2D eigenvalue weighted by Gasteiger charge is -2.25. The highest BCUT2D eigenvalue weighted by Crippen LogP contribution is 2.27. The Labute approximate surface area is 150 Å². The average molecular weight is 359 g/mol. The van der Waals surface area contributed by atoms with E-state index < -0.39 is 0 Å². The number of benzene rings is 2. The van der Waals surface area contributed by atoms with E-state index in [1.807, 2.05) is 53.4 Å². The van der Waals surface area contributed by atoms with Crippen LogP contribution in [-0.2, 0) is 6.54 Å². The minimum absolute atomic E-state index is 0.0407. The number of halogens is 1. The predicted molar refractivity (Wildman–Crippen MR) is 101 cm³/mol. The number of hydrogen-bond acceptors (Lipinski definition) is 3. The lowest BCUT2D eigenvalue weighted by Crippen LogP contribution is -2.33. The van der Waals surface area contributed by atoms with Gasteiger partial charge in [0, 0.05) is 18.7 Å². The molecule has 0 aliphatic rings. The van der Waals surface area contributed by atoms with Crippen LogP contribution in [0.2, 0.25) is 4.47 Å². The summed E-state index contributed by atoms with van der Waals surface area (Å²) in [5.74, 6) is 0.443. The molecule has 3 rings (SSSR count). The molecule has 3 nitrogen and oxygen atoms in total. The Balaban J connectivity index is 1.88. The smallest absolute Gasteiger partial charge is 0.254 e. The Morgan fingerprint density at radius 3 is 2.67 bits per heavy atom. The molecule has 0 unspecified atom stereocenters. The Bertz CT molecular complexity index is 845. The molecule has 3 aromatic rings. The van der Waals surface area contributed by atoms with Crippen LogP contribution in [0, 0.1) is 5.92 Å². The minimum atomic E-state index is 0.0407. The first-order chi connectivity index (χ1) is 11.5. The molecule has 5 heteroatoms. The first kappa shape index (κ1) is 16.9. The highest BCUT2D eigenvalue weighted by molar-refractivity contribution is 7.22. The van der Waals surface area contributed by atoms with Gasteiger partial charge in [-0.15, -0.1) is 11.3 Å². The van der Waals surface area contributed by atoms with Crippen molar-refractivity contribution < 1.29 is 4.79 Å². The quantitative estimate of drug-likeness (QED) is 0.624. The van der Waals surface area contributed by atoms with E-state index in [4.69, 9.17) is 11.6 Å².